The zero-order chi connectivity index (χ0) is 37.6. The Balaban J connectivity index is 1.11. The lowest BCUT2D eigenvalue weighted by atomic mass is 10.1. The van der Waals surface area contributed by atoms with Crippen molar-refractivity contribution < 1.29 is 33.8 Å². The van der Waals surface area contributed by atoms with Crippen molar-refractivity contribution in [3.63, 3.8) is 0 Å². The highest BCUT2D eigenvalue weighted by atomic mass is 16.5. The van der Waals surface area contributed by atoms with E-state index in [1.54, 1.807) is 65.3 Å². The van der Waals surface area contributed by atoms with Crippen LogP contribution in [0, 0.1) is 6.92 Å². The number of nitrogens with zero attached hydrogens (tertiary/aromatic N) is 4. The van der Waals surface area contributed by atoms with E-state index in [2.05, 4.69) is 22.3 Å². The van der Waals surface area contributed by atoms with Crippen LogP contribution in [-0.4, -0.2) is 61.7 Å². The molecule has 53 heavy (non-hydrogen) atoms. The molecule has 0 bridgehead atoms. The Kier molecular flexibility index (Phi) is 13.5. The minimum Gasteiger partial charge on any atom is -0.494 e. The number of carbonyl (C=O) groups excluding carboxylic acids is 3. The third kappa shape index (κ3) is 11.3. The molecule has 0 spiro atoms. The maximum atomic E-state index is 13.4. The minimum absolute atomic E-state index is 0.00712. The van der Waals surface area contributed by atoms with E-state index in [9.17, 15) is 24.3 Å². The average Bonchev–Trinajstić information content (AvgIpc) is 3.59. The van der Waals surface area contributed by atoms with E-state index in [0.717, 1.165) is 29.9 Å². The average molecular weight is 718 g/mol. The van der Waals surface area contributed by atoms with Crippen molar-refractivity contribution in [1.29, 1.82) is 0 Å². The van der Waals surface area contributed by atoms with E-state index in [4.69, 9.17) is 9.47 Å². The standard InChI is InChI=1S/C41H43N5O7/c1-3-4-5-6-7-24-52-36-22-14-33(15-23-36)41(51)53-37-20-10-31(11-21-37)26-45(27-39(48)49)40(50)32-12-16-34(17-13-32)44-38(47)25-30-8-18-35(19-9-30)46-29(2)42-28-43-46/h8-23,28H,3-7,24-27H2,1-2H3,(H,44,47)(H,48,49). The molecule has 12 nitrogen and oxygen atoms in total. The van der Waals surface area contributed by atoms with Crippen molar-refractivity contribution in [2.24, 2.45) is 0 Å². The largest absolute Gasteiger partial charge is 0.494 e. The molecule has 0 unspecified atom stereocenters. The lowest BCUT2D eigenvalue weighted by Gasteiger charge is -2.21. The number of aliphatic carboxylic acids is 1. The second kappa shape index (κ2) is 18.8. The molecule has 5 rings (SSSR count). The molecule has 1 aromatic heterocycles. The Bertz CT molecular complexity index is 1970. The molecule has 5 aromatic rings. The minimum atomic E-state index is -1.17. The summed E-state index contributed by atoms with van der Waals surface area (Å²) in [4.78, 5) is 55.8. The summed E-state index contributed by atoms with van der Waals surface area (Å²) in [5, 5.41) is 16.5. The molecule has 0 atom stereocenters. The van der Waals surface area contributed by atoms with Crippen LogP contribution in [0.4, 0.5) is 5.69 Å². The molecule has 2 amide bonds. The maximum absolute atomic E-state index is 13.4. The fourth-order valence-corrected chi connectivity index (χ4v) is 5.57. The topological polar surface area (TPSA) is 153 Å². The van der Waals surface area contributed by atoms with Crippen molar-refractivity contribution in [2.75, 3.05) is 18.5 Å². The molecule has 0 saturated carbocycles. The second-order valence-electron chi connectivity index (χ2n) is 12.6. The lowest BCUT2D eigenvalue weighted by Crippen LogP contribution is -2.35. The highest BCUT2D eigenvalue weighted by Gasteiger charge is 2.20. The third-order valence-corrected chi connectivity index (χ3v) is 8.41. The smallest absolute Gasteiger partial charge is 0.343 e. The third-order valence-electron chi connectivity index (χ3n) is 8.41. The summed E-state index contributed by atoms with van der Waals surface area (Å²) in [6, 6.07) is 27.0. The summed E-state index contributed by atoms with van der Waals surface area (Å²) in [7, 11) is 0. The van der Waals surface area contributed by atoms with Crippen molar-refractivity contribution in [1.82, 2.24) is 19.7 Å². The molecule has 4 aromatic carbocycles. The van der Waals surface area contributed by atoms with Crippen molar-refractivity contribution in [2.45, 2.75) is 58.9 Å². The molecule has 0 fully saturated rings. The van der Waals surface area contributed by atoms with Gasteiger partial charge in [0.2, 0.25) is 5.91 Å². The van der Waals surface area contributed by atoms with E-state index in [-0.39, 0.29) is 24.4 Å². The number of unbranched alkanes of at least 4 members (excludes halogenated alkanes) is 4. The summed E-state index contributed by atoms with van der Waals surface area (Å²) in [6.45, 7) is 4.15. The van der Waals surface area contributed by atoms with E-state index in [0.29, 0.717) is 34.9 Å². The van der Waals surface area contributed by atoms with Crippen LogP contribution in [0.2, 0.25) is 0 Å². The number of aromatic nitrogens is 3. The molecule has 2 N–H and O–H groups in total. The number of rotatable bonds is 18. The van der Waals surface area contributed by atoms with Gasteiger partial charge in [-0.05, 0) is 97.3 Å². The van der Waals surface area contributed by atoms with E-state index >= 15 is 0 Å². The van der Waals surface area contributed by atoms with Gasteiger partial charge in [0.15, 0.2) is 0 Å². The SMILES string of the molecule is CCCCCCCOc1ccc(C(=O)Oc2ccc(CN(CC(=O)O)C(=O)c3ccc(NC(=O)Cc4ccc(-n5ncnc5C)cc4)cc3)cc2)cc1. The number of carboxylic acid groups (broad SMARTS) is 1. The summed E-state index contributed by atoms with van der Waals surface area (Å²) in [5.41, 5.74) is 3.42. The molecule has 0 saturated heterocycles. The normalized spacial score (nSPS) is 10.8. The van der Waals surface area contributed by atoms with E-state index in [1.165, 1.54) is 42.6 Å². The van der Waals surface area contributed by atoms with Gasteiger partial charge in [-0.25, -0.2) is 14.5 Å². The molecular formula is C41H43N5O7. The van der Waals surface area contributed by atoms with Gasteiger partial charge < -0.3 is 24.8 Å². The van der Waals surface area contributed by atoms with Gasteiger partial charge in [-0.15, -0.1) is 0 Å². The summed E-state index contributed by atoms with van der Waals surface area (Å²) >= 11 is 0. The number of benzene rings is 4. The number of esters is 1. The first-order valence-corrected chi connectivity index (χ1v) is 17.6. The van der Waals surface area contributed by atoms with Crippen LogP contribution < -0.4 is 14.8 Å². The van der Waals surface area contributed by atoms with E-state index < -0.39 is 24.4 Å². The first-order valence-electron chi connectivity index (χ1n) is 17.6. The van der Waals surface area contributed by atoms with Gasteiger partial charge in [-0.2, -0.15) is 5.10 Å². The van der Waals surface area contributed by atoms with Crippen LogP contribution in [0.25, 0.3) is 5.69 Å². The number of ether oxygens (including phenoxy) is 2. The van der Waals surface area contributed by atoms with Crippen LogP contribution in [0.5, 0.6) is 11.5 Å². The molecule has 12 heteroatoms. The number of aryl methyl sites for hydroxylation is 1. The first-order chi connectivity index (χ1) is 25.7. The zero-order valence-electron chi connectivity index (χ0n) is 29.9. The fraction of sp³-hybridized carbons (Fsp3) is 0.268. The molecule has 0 radical (unpaired) electrons. The number of hydrogen-bond acceptors (Lipinski definition) is 8. The molecule has 1 heterocycles. The van der Waals surface area contributed by atoms with Gasteiger partial charge in [0, 0.05) is 17.8 Å². The fourth-order valence-electron chi connectivity index (χ4n) is 5.57. The Morgan fingerprint density at radius 1 is 0.774 bits per heavy atom. The summed E-state index contributed by atoms with van der Waals surface area (Å²) < 4.78 is 13.0. The second-order valence-corrected chi connectivity index (χ2v) is 12.6. The molecule has 0 aliphatic rings. The first kappa shape index (κ1) is 37.9. The van der Waals surface area contributed by atoms with Gasteiger partial charge >= 0.3 is 11.9 Å². The molecule has 0 aliphatic carbocycles. The van der Waals surface area contributed by atoms with Gasteiger partial charge in [0.1, 0.15) is 30.2 Å². The van der Waals surface area contributed by atoms with Crippen molar-refractivity contribution in [3.05, 3.63) is 131 Å². The summed E-state index contributed by atoms with van der Waals surface area (Å²) in [5.74, 6) is -0.670. The zero-order valence-corrected chi connectivity index (χ0v) is 29.9. The molecule has 0 aliphatic heterocycles. The van der Waals surface area contributed by atoms with Crippen molar-refractivity contribution in [3.8, 4) is 17.2 Å². The number of carbonyl (C=O) groups is 4. The van der Waals surface area contributed by atoms with Crippen LogP contribution >= 0.6 is 0 Å². The predicted molar refractivity (Wildman–Crippen MR) is 199 cm³/mol. The number of carboxylic acids is 1. The summed E-state index contributed by atoms with van der Waals surface area (Å²) in [6.07, 6.45) is 7.37. The Labute approximate surface area is 308 Å². The van der Waals surface area contributed by atoms with Gasteiger partial charge in [-0.1, -0.05) is 56.9 Å². The monoisotopic (exact) mass is 717 g/mol. The molecular weight excluding hydrogens is 674 g/mol. The van der Waals surface area contributed by atoms with Gasteiger partial charge in [0.05, 0.1) is 24.3 Å². The lowest BCUT2D eigenvalue weighted by molar-refractivity contribution is -0.137. The highest BCUT2D eigenvalue weighted by molar-refractivity contribution is 5.97. The van der Waals surface area contributed by atoms with Crippen LogP contribution in [0.3, 0.4) is 0 Å². The Morgan fingerprint density at radius 2 is 1.42 bits per heavy atom. The highest BCUT2D eigenvalue weighted by Crippen LogP contribution is 2.20. The van der Waals surface area contributed by atoms with Gasteiger partial charge in [0.25, 0.3) is 5.91 Å². The Hall–Kier alpha value is -6.30. The van der Waals surface area contributed by atoms with Gasteiger partial charge in [-0.3, -0.25) is 14.4 Å². The quantitative estimate of drug-likeness (QED) is 0.0552. The number of anilines is 1. The van der Waals surface area contributed by atoms with Crippen molar-refractivity contribution >= 4 is 29.4 Å². The number of nitrogens with one attached hydrogen (secondary N) is 1. The van der Waals surface area contributed by atoms with Crippen LogP contribution in [0.1, 0.15) is 76.7 Å². The maximum Gasteiger partial charge on any atom is 0.343 e. The number of hydrogen-bond donors (Lipinski definition) is 2. The van der Waals surface area contributed by atoms with E-state index in [1.807, 2.05) is 31.2 Å². The number of amides is 2. The Morgan fingerprint density at radius 3 is 2.06 bits per heavy atom. The molecule has 274 valence electrons. The van der Waals surface area contributed by atoms with Crippen LogP contribution in [0.15, 0.2) is 103 Å². The predicted octanol–water partition coefficient (Wildman–Crippen LogP) is 7.05. The van der Waals surface area contributed by atoms with Crippen LogP contribution in [-0.2, 0) is 22.6 Å².